The van der Waals surface area contributed by atoms with Crippen molar-refractivity contribution in [2.45, 2.75) is 13.3 Å². The first-order valence-corrected chi connectivity index (χ1v) is 5.89. The Morgan fingerprint density at radius 1 is 1.37 bits per heavy atom. The van der Waals surface area contributed by atoms with Crippen molar-refractivity contribution in [3.8, 4) is 5.75 Å². The van der Waals surface area contributed by atoms with Crippen molar-refractivity contribution in [1.82, 2.24) is 0 Å². The molecule has 1 aromatic heterocycles. The van der Waals surface area contributed by atoms with E-state index in [0.29, 0.717) is 16.7 Å². The molecule has 1 heterocycles. The molecule has 0 bridgehead atoms. The Morgan fingerprint density at radius 2 is 2.16 bits per heavy atom. The maximum atomic E-state index is 12.2. The Labute approximate surface area is 109 Å². The normalized spacial score (nSPS) is 10.4. The van der Waals surface area contributed by atoms with Crippen molar-refractivity contribution in [2.75, 3.05) is 13.7 Å². The third-order valence-electron chi connectivity index (χ3n) is 2.69. The second-order valence-corrected chi connectivity index (χ2v) is 3.93. The zero-order chi connectivity index (χ0) is 13.8. The number of carbonyl (C=O) groups is 1. The zero-order valence-corrected chi connectivity index (χ0v) is 10.8. The van der Waals surface area contributed by atoms with Crippen LogP contribution in [0.25, 0.3) is 11.0 Å². The predicted octanol–water partition coefficient (Wildman–Crippen LogP) is 1.91. The van der Waals surface area contributed by atoms with Crippen LogP contribution in [0.4, 0.5) is 0 Å². The molecule has 0 aliphatic heterocycles. The summed E-state index contributed by atoms with van der Waals surface area (Å²) in [5, 5.41) is 0.419. The molecule has 2 aromatic rings. The number of hydrogen-bond acceptors (Lipinski definition) is 5. The van der Waals surface area contributed by atoms with Crippen molar-refractivity contribution in [2.24, 2.45) is 0 Å². The standard InChI is InChI=1S/C14H14O5/c1-3-18-13(15)6-9-8-19-12-7-10(17-2)4-5-11(12)14(9)16/h4-5,7-8H,3,6H2,1-2H3. The van der Waals surface area contributed by atoms with E-state index in [1.807, 2.05) is 0 Å². The molecule has 19 heavy (non-hydrogen) atoms. The number of ether oxygens (including phenoxy) is 2. The molecule has 0 N–H and O–H groups in total. The van der Waals surface area contributed by atoms with Crippen LogP contribution in [0.2, 0.25) is 0 Å². The van der Waals surface area contributed by atoms with Crippen molar-refractivity contribution < 1.29 is 18.7 Å². The van der Waals surface area contributed by atoms with Crippen molar-refractivity contribution >= 4 is 16.9 Å². The van der Waals surface area contributed by atoms with E-state index < -0.39 is 5.97 Å². The van der Waals surface area contributed by atoms with E-state index in [1.165, 1.54) is 13.4 Å². The van der Waals surface area contributed by atoms with E-state index in [-0.39, 0.29) is 24.0 Å². The first kappa shape index (κ1) is 13.1. The van der Waals surface area contributed by atoms with Gasteiger partial charge in [0.2, 0.25) is 0 Å². The molecule has 0 saturated heterocycles. The molecule has 0 radical (unpaired) electrons. The van der Waals surface area contributed by atoms with E-state index in [4.69, 9.17) is 13.9 Å². The van der Waals surface area contributed by atoms with Crippen LogP contribution < -0.4 is 10.2 Å². The number of fused-ring (bicyclic) bond motifs is 1. The first-order valence-electron chi connectivity index (χ1n) is 5.89. The number of carbonyl (C=O) groups excluding carboxylic acids is 1. The number of benzene rings is 1. The van der Waals surface area contributed by atoms with Gasteiger partial charge in [-0.2, -0.15) is 0 Å². The highest BCUT2D eigenvalue weighted by molar-refractivity contribution is 5.80. The minimum absolute atomic E-state index is 0.0852. The lowest BCUT2D eigenvalue weighted by atomic mass is 10.1. The summed E-state index contributed by atoms with van der Waals surface area (Å²) in [4.78, 5) is 23.5. The van der Waals surface area contributed by atoms with Crippen LogP contribution in [-0.2, 0) is 16.0 Å². The van der Waals surface area contributed by atoms with Gasteiger partial charge in [0.25, 0.3) is 0 Å². The van der Waals surface area contributed by atoms with Gasteiger partial charge in [-0.3, -0.25) is 9.59 Å². The predicted molar refractivity (Wildman–Crippen MR) is 69.4 cm³/mol. The second kappa shape index (κ2) is 5.56. The fourth-order valence-corrected chi connectivity index (χ4v) is 1.77. The average molecular weight is 262 g/mol. The van der Waals surface area contributed by atoms with Crippen molar-refractivity contribution in [1.29, 1.82) is 0 Å². The van der Waals surface area contributed by atoms with Gasteiger partial charge in [0.05, 0.1) is 31.8 Å². The molecule has 100 valence electrons. The highest BCUT2D eigenvalue weighted by Gasteiger charge is 2.12. The molecule has 0 amide bonds. The molecular formula is C14H14O5. The summed E-state index contributed by atoms with van der Waals surface area (Å²) >= 11 is 0. The third kappa shape index (κ3) is 2.76. The largest absolute Gasteiger partial charge is 0.497 e. The Bertz CT molecular complexity index is 656. The van der Waals surface area contributed by atoms with Crippen LogP contribution in [0, 0.1) is 0 Å². The van der Waals surface area contributed by atoms with Gasteiger partial charge >= 0.3 is 5.97 Å². The SMILES string of the molecule is CCOC(=O)Cc1coc2cc(OC)ccc2c1=O. The maximum Gasteiger partial charge on any atom is 0.310 e. The van der Waals surface area contributed by atoms with Gasteiger partial charge in [-0.25, -0.2) is 0 Å². The fraction of sp³-hybridized carbons (Fsp3) is 0.286. The molecule has 1 aromatic carbocycles. The topological polar surface area (TPSA) is 65.7 Å². The van der Waals surface area contributed by atoms with Gasteiger partial charge in [-0.1, -0.05) is 0 Å². The zero-order valence-electron chi connectivity index (χ0n) is 10.8. The van der Waals surface area contributed by atoms with E-state index >= 15 is 0 Å². The lowest BCUT2D eigenvalue weighted by Crippen LogP contribution is -2.15. The molecule has 0 saturated carbocycles. The van der Waals surface area contributed by atoms with Gasteiger partial charge in [-0.15, -0.1) is 0 Å². The van der Waals surface area contributed by atoms with Crippen LogP contribution in [0.5, 0.6) is 5.75 Å². The number of rotatable bonds is 4. The summed E-state index contributed by atoms with van der Waals surface area (Å²) in [6, 6.07) is 4.92. The highest BCUT2D eigenvalue weighted by atomic mass is 16.5. The summed E-state index contributed by atoms with van der Waals surface area (Å²) in [6.07, 6.45) is 1.21. The lowest BCUT2D eigenvalue weighted by molar-refractivity contribution is -0.142. The highest BCUT2D eigenvalue weighted by Crippen LogP contribution is 2.18. The van der Waals surface area contributed by atoms with Crippen LogP contribution in [0.15, 0.2) is 33.7 Å². The molecule has 0 unspecified atom stereocenters. The van der Waals surface area contributed by atoms with Gasteiger partial charge < -0.3 is 13.9 Å². The Balaban J connectivity index is 2.41. The van der Waals surface area contributed by atoms with E-state index in [1.54, 1.807) is 25.1 Å². The molecule has 0 atom stereocenters. The Hall–Kier alpha value is -2.30. The van der Waals surface area contributed by atoms with Crippen LogP contribution in [0.3, 0.4) is 0 Å². The van der Waals surface area contributed by atoms with Crippen molar-refractivity contribution in [3.05, 3.63) is 40.2 Å². The Morgan fingerprint density at radius 3 is 2.84 bits per heavy atom. The minimum Gasteiger partial charge on any atom is -0.497 e. The van der Waals surface area contributed by atoms with Crippen LogP contribution in [0.1, 0.15) is 12.5 Å². The van der Waals surface area contributed by atoms with E-state index in [9.17, 15) is 9.59 Å². The summed E-state index contributed by atoms with van der Waals surface area (Å²) in [5.74, 6) is 0.163. The quantitative estimate of drug-likeness (QED) is 0.787. The summed E-state index contributed by atoms with van der Waals surface area (Å²) in [7, 11) is 1.54. The van der Waals surface area contributed by atoms with Crippen molar-refractivity contribution in [3.63, 3.8) is 0 Å². The summed E-state index contributed by atoms with van der Waals surface area (Å²) in [5.41, 5.74) is 0.491. The van der Waals surface area contributed by atoms with Gasteiger partial charge in [-0.05, 0) is 19.1 Å². The Kier molecular flexibility index (Phi) is 3.85. The van der Waals surface area contributed by atoms with E-state index in [0.717, 1.165) is 0 Å². The second-order valence-electron chi connectivity index (χ2n) is 3.93. The van der Waals surface area contributed by atoms with E-state index in [2.05, 4.69) is 0 Å². The number of esters is 1. The van der Waals surface area contributed by atoms with Gasteiger partial charge in [0.1, 0.15) is 11.3 Å². The van der Waals surface area contributed by atoms with Crippen LogP contribution in [-0.4, -0.2) is 19.7 Å². The number of methoxy groups -OCH3 is 1. The third-order valence-corrected chi connectivity index (χ3v) is 2.69. The first-order chi connectivity index (χ1) is 9.15. The fourth-order valence-electron chi connectivity index (χ4n) is 1.77. The van der Waals surface area contributed by atoms with Gasteiger partial charge in [0, 0.05) is 11.6 Å². The average Bonchev–Trinajstić information content (AvgIpc) is 2.42. The molecule has 5 nitrogen and oxygen atoms in total. The molecule has 5 heteroatoms. The molecule has 0 aliphatic rings. The maximum absolute atomic E-state index is 12.2. The smallest absolute Gasteiger partial charge is 0.310 e. The van der Waals surface area contributed by atoms with Gasteiger partial charge in [0.15, 0.2) is 5.43 Å². The molecule has 0 aliphatic carbocycles. The molecular weight excluding hydrogens is 248 g/mol. The van der Waals surface area contributed by atoms with Crippen LogP contribution >= 0.6 is 0 Å². The number of hydrogen-bond donors (Lipinski definition) is 0. The molecule has 0 fully saturated rings. The monoisotopic (exact) mass is 262 g/mol. The summed E-state index contributed by atoms with van der Waals surface area (Å²) in [6.45, 7) is 2.00. The minimum atomic E-state index is -0.442. The summed E-state index contributed by atoms with van der Waals surface area (Å²) < 4.78 is 15.2. The molecule has 2 rings (SSSR count). The molecule has 0 spiro atoms. The lowest BCUT2D eigenvalue weighted by Gasteiger charge is -2.04.